The van der Waals surface area contributed by atoms with Crippen molar-refractivity contribution in [2.75, 3.05) is 31.1 Å². The Morgan fingerprint density at radius 2 is 1.61 bits per heavy atom. The Balaban J connectivity index is 1.57. The lowest BCUT2D eigenvalue weighted by atomic mass is 10.0. The van der Waals surface area contributed by atoms with Gasteiger partial charge in [-0.05, 0) is 36.8 Å². The lowest BCUT2D eigenvalue weighted by Gasteiger charge is -2.36. The second-order valence-electron chi connectivity index (χ2n) is 8.50. The average Bonchev–Trinajstić information content (AvgIpc) is 2.81. The minimum absolute atomic E-state index is 0.0659. The molecule has 10 heteroatoms. The first-order chi connectivity index (χ1) is 17.1. The number of carbonyl (C=O) groups excluding carboxylic acids is 3. The Labute approximate surface area is 212 Å². The van der Waals surface area contributed by atoms with Crippen LogP contribution in [0.5, 0.6) is 11.5 Å². The van der Waals surface area contributed by atoms with E-state index in [9.17, 15) is 19.2 Å². The van der Waals surface area contributed by atoms with Gasteiger partial charge < -0.3 is 23.7 Å². The van der Waals surface area contributed by atoms with Crippen LogP contribution in [0.2, 0.25) is 5.02 Å². The Morgan fingerprint density at radius 3 is 2.22 bits per heavy atom. The van der Waals surface area contributed by atoms with Gasteiger partial charge in [0.25, 0.3) is 0 Å². The van der Waals surface area contributed by atoms with Gasteiger partial charge in [-0.3, -0.25) is 14.4 Å². The summed E-state index contributed by atoms with van der Waals surface area (Å²) in [5, 5.41) is 1.02. The van der Waals surface area contributed by atoms with E-state index in [1.165, 1.54) is 26.0 Å². The third kappa shape index (κ3) is 5.52. The number of benzene rings is 2. The third-order valence-corrected chi connectivity index (χ3v) is 6.24. The average molecular weight is 513 g/mol. The molecule has 1 fully saturated rings. The van der Waals surface area contributed by atoms with Crippen molar-refractivity contribution < 1.29 is 28.3 Å². The summed E-state index contributed by atoms with van der Waals surface area (Å²) >= 11 is 5.97. The van der Waals surface area contributed by atoms with Crippen LogP contribution in [-0.2, 0) is 20.8 Å². The summed E-state index contributed by atoms with van der Waals surface area (Å²) in [5.41, 5.74) is 1.08. The molecular weight excluding hydrogens is 488 g/mol. The number of hydrogen-bond donors (Lipinski definition) is 0. The summed E-state index contributed by atoms with van der Waals surface area (Å²) in [6.45, 7) is 6.42. The summed E-state index contributed by atoms with van der Waals surface area (Å²) in [5.74, 6) is -1.25. The fourth-order valence-corrected chi connectivity index (χ4v) is 4.40. The van der Waals surface area contributed by atoms with Crippen molar-refractivity contribution in [2.24, 2.45) is 0 Å². The summed E-state index contributed by atoms with van der Waals surface area (Å²) in [7, 11) is 0. The van der Waals surface area contributed by atoms with Gasteiger partial charge in [-0.15, -0.1) is 0 Å². The van der Waals surface area contributed by atoms with Gasteiger partial charge in [-0.1, -0.05) is 11.6 Å². The van der Waals surface area contributed by atoms with E-state index in [1.54, 1.807) is 11.8 Å². The highest BCUT2D eigenvalue weighted by molar-refractivity contribution is 6.30. The van der Waals surface area contributed by atoms with Crippen molar-refractivity contribution in [2.45, 2.75) is 27.2 Å². The van der Waals surface area contributed by atoms with Crippen LogP contribution in [0.25, 0.3) is 11.0 Å². The quantitative estimate of drug-likeness (QED) is 0.290. The van der Waals surface area contributed by atoms with Gasteiger partial charge >= 0.3 is 17.6 Å². The Hall–Kier alpha value is -3.85. The van der Waals surface area contributed by atoms with E-state index in [0.717, 1.165) is 5.69 Å². The number of carbonyl (C=O) groups is 3. The number of anilines is 1. The van der Waals surface area contributed by atoms with E-state index in [0.29, 0.717) is 42.2 Å². The highest BCUT2D eigenvalue weighted by Crippen LogP contribution is 2.34. The van der Waals surface area contributed by atoms with Crippen LogP contribution in [0.4, 0.5) is 5.69 Å². The predicted molar refractivity (Wildman–Crippen MR) is 134 cm³/mol. The smallest absolute Gasteiger partial charge is 0.340 e. The summed E-state index contributed by atoms with van der Waals surface area (Å²) in [6, 6.07) is 10.3. The molecule has 0 bridgehead atoms. The summed E-state index contributed by atoms with van der Waals surface area (Å²) < 4.78 is 15.9. The van der Waals surface area contributed by atoms with Crippen LogP contribution < -0.4 is 20.0 Å². The molecule has 9 nitrogen and oxygen atoms in total. The number of esters is 2. The number of amides is 1. The highest BCUT2D eigenvalue weighted by atomic mass is 35.5. The van der Waals surface area contributed by atoms with Crippen LogP contribution in [0.3, 0.4) is 0 Å². The number of rotatable bonds is 5. The molecule has 1 amide bonds. The topological polar surface area (TPSA) is 106 Å². The maximum atomic E-state index is 13.1. The van der Waals surface area contributed by atoms with Gasteiger partial charge in [-0.2, -0.15) is 0 Å². The largest absolute Gasteiger partial charge is 0.426 e. The van der Waals surface area contributed by atoms with Gasteiger partial charge in [0.15, 0.2) is 0 Å². The van der Waals surface area contributed by atoms with Crippen LogP contribution in [0, 0.1) is 6.92 Å². The number of hydrogen-bond acceptors (Lipinski definition) is 8. The zero-order valence-corrected chi connectivity index (χ0v) is 20.9. The van der Waals surface area contributed by atoms with Gasteiger partial charge in [0.05, 0.1) is 17.4 Å². The molecule has 1 aliphatic rings. The molecule has 3 aromatic rings. The van der Waals surface area contributed by atoms with Crippen molar-refractivity contribution in [1.29, 1.82) is 0 Å². The van der Waals surface area contributed by atoms with E-state index in [2.05, 4.69) is 4.90 Å². The molecular formula is C26H25ClN2O7. The molecule has 1 aliphatic heterocycles. The summed E-state index contributed by atoms with van der Waals surface area (Å²) in [6.07, 6.45) is -0.156. The first-order valence-electron chi connectivity index (χ1n) is 11.4. The van der Waals surface area contributed by atoms with Crippen LogP contribution in [0.15, 0.2) is 45.6 Å². The van der Waals surface area contributed by atoms with Crippen LogP contribution in [0.1, 0.15) is 25.0 Å². The van der Waals surface area contributed by atoms with Crippen LogP contribution in [-0.4, -0.2) is 48.9 Å². The second-order valence-corrected chi connectivity index (χ2v) is 8.93. The maximum absolute atomic E-state index is 13.1. The van der Waals surface area contributed by atoms with Crippen LogP contribution >= 0.6 is 11.6 Å². The third-order valence-electron chi connectivity index (χ3n) is 5.98. The van der Waals surface area contributed by atoms with E-state index in [4.69, 9.17) is 25.5 Å². The molecule has 0 unspecified atom stereocenters. The first kappa shape index (κ1) is 25.2. The number of fused-ring (bicyclic) bond motifs is 1. The van der Waals surface area contributed by atoms with Gasteiger partial charge in [0.1, 0.15) is 17.1 Å². The Bertz CT molecular complexity index is 1390. The minimum Gasteiger partial charge on any atom is -0.426 e. The number of ether oxygens (including phenoxy) is 2. The molecule has 2 heterocycles. The molecule has 0 radical (unpaired) electrons. The molecule has 1 aromatic heterocycles. The SMILES string of the molecule is CC(=O)Oc1cc(OC(C)=O)c2c(C)c(CC(=O)N3CCN(c4ccc(Cl)cc4)CC3)c(=O)oc2c1. The second kappa shape index (κ2) is 10.4. The van der Waals surface area contributed by atoms with E-state index in [-0.39, 0.29) is 35.0 Å². The molecule has 2 aromatic carbocycles. The number of aryl methyl sites for hydroxylation is 1. The number of halogens is 1. The lowest BCUT2D eigenvalue weighted by Crippen LogP contribution is -2.49. The van der Waals surface area contributed by atoms with Gasteiger partial charge in [0.2, 0.25) is 5.91 Å². The molecule has 0 N–H and O–H groups in total. The molecule has 0 aliphatic carbocycles. The minimum atomic E-state index is -0.679. The molecule has 0 atom stereocenters. The predicted octanol–water partition coefficient (Wildman–Crippen LogP) is 3.50. The van der Waals surface area contributed by atoms with Crippen molar-refractivity contribution in [3.8, 4) is 11.5 Å². The highest BCUT2D eigenvalue weighted by Gasteiger charge is 2.25. The van der Waals surface area contributed by atoms with E-state index < -0.39 is 17.6 Å². The molecule has 0 spiro atoms. The number of piperazine rings is 1. The molecule has 188 valence electrons. The molecule has 0 saturated carbocycles. The van der Waals surface area contributed by atoms with Crippen molar-refractivity contribution in [3.05, 3.63) is 63.0 Å². The normalized spacial score (nSPS) is 13.6. The fraction of sp³-hybridized carbons (Fsp3) is 0.308. The van der Waals surface area contributed by atoms with Gasteiger partial charge in [-0.25, -0.2) is 4.79 Å². The zero-order chi connectivity index (χ0) is 26.0. The first-order valence-corrected chi connectivity index (χ1v) is 11.8. The van der Waals surface area contributed by atoms with Gasteiger partial charge in [0, 0.05) is 62.9 Å². The standard InChI is InChI=1S/C26H25ClN2O7/c1-15-21(14-24(32)29-10-8-28(9-11-29)19-6-4-18(27)5-7-19)26(33)36-23-13-20(34-16(2)30)12-22(25(15)23)35-17(3)31/h4-7,12-13H,8-11,14H2,1-3H3. The monoisotopic (exact) mass is 512 g/mol. The van der Waals surface area contributed by atoms with Crippen molar-refractivity contribution in [3.63, 3.8) is 0 Å². The maximum Gasteiger partial charge on any atom is 0.340 e. The molecule has 4 rings (SSSR count). The summed E-state index contributed by atoms with van der Waals surface area (Å²) in [4.78, 5) is 52.9. The van der Waals surface area contributed by atoms with Crippen molar-refractivity contribution >= 4 is 46.1 Å². The Morgan fingerprint density at radius 1 is 0.972 bits per heavy atom. The fourth-order valence-electron chi connectivity index (χ4n) is 4.28. The number of nitrogens with zero attached hydrogens (tertiary/aromatic N) is 2. The Kier molecular flexibility index (Phi) is 7.30. The van der Waals surface area contributed by atoms with E-state index >= 15 is 0 Å². The molecule has 36 heavy (non-hydrogen) atoms. The van der Waals surface area contributed by atoms with Crippen molar-refractivity contribution in [1.82, 2.24) is 4.90 Å². The zero-order valence-electron chi connectivity index (χ0n) is 20.1. The van der Waals surface area contributed by atoms with E-state index in [1.807, 2.05) is 24.3 Å². The lowest BCUT2D eigenvalue weighted by molar-refractivity contribution is -0.132. The molecule has 1 saturated heterocycles.